The van der Waals surface area contributed by atoms with Crippen LogP contribution in [0, 0.1) is 20.2 Å². The maximum Gasteiger partial charge on any atom is 0.338 e. The molecule has 0 saturated heterocycles. The molecule has 0 radical (unpaired) electrons. The summed E-state index contributed by atoms with van der Waals surface area (Å²) in [5.74, 6) is -1.13. The Labute approximate surface area is 223 Å². The van der Waals surface area contributed by atoms with Crippen molar-refractivity contribution in [1.29, 1.82) is 0 Å². The minimum Gasteiger partial charge on any atom is -0.497 e. The molecule has 39 heavy (non-hydrogen) atoms. The predicted molar refractivity (Wildman–Crippen MR) is 139 cm³/mol. The van der Waals surface area contributed by atoms with Gasteiger partial charge in [0.25, 0.3) is 11.3 Å². The molecule has 1 N–H and O–H groups in total. The topological polar surface area (TPSA) is 176 Å². The van der Waals surface area contributed by atoms with Gasteiger partial charge in [0.05, 0.1) is 44.9 Å². The van der Waals surface area contributed by atoms with Crippen LogP contribution in [-0.2, 0) is 9.53 Å². The number of fused-ring (bicyclic) bond motifs is 1. The molecule has 0 amide bonds. The van der Waals surface area contributed by atoms with Gasteiger partial charge in [0.2, 0.25) is 0 Å². The Kier molecular flexibility index (Phi) is 7.58. The fraction of sp³-hybridized carbons (Fsp3) is 0.240. The molecule has 2 heterocycles. The number of allylic oxidation sites excluding steroid dienone is 1. The molecule has 1 atom stereocenters. The number of thiazole rings is 1. The van der Waals surface area contributed by atoms with Gasteiger partial charge in [0.1, 0.15) is 5.75 Å². The second-order valence-corrected chi connectivity index (χ2v) is 9.24. The van der Waals surface area contributed by atoms with Gasteiger partial charge in [-0.3, -0.25) is 29.6 Å². The average Bonchev–Trinajstić information content (AvgIpc) is 3.18. The number of benzene rings is 2. The molecule has 0 unspecified atom stereocenters. The summed E-state index contributed by atoms with van der Waals surface area (Å²) in [5.41, 5.74) is -1.29. The highest BCUT2D eigenvalue weighted by molar-refractivity contribution is 7.07. The lowest BCUT2D eigenvalue weighted by Crippen LogP contribution is -2.39. The van der Waals surface area contributed by atoms with Gasteiger partial charge in [-0.05, 0) is 50.1 Å². The van der Waals surface area contributed by atoms with Crippen LogP contribution >= 0.6 is 11.3 Å². The SMILES string of the molecule is CCOC(=O)C1=C(C)N=c2s/c(=C\c3cc([N+](=O)[O-])c(O)c([N+](=O)[O-])c3)c(=O)n2[C@@H]1c1ccc(OCC)cc1. The lowest BCUT2D eigenvalue weighted by atomic mass is 9.96. The third-order valence-corrected chi connectivity index (χ3v) is 6.79. The summed E-state index contributed by atoms with van der Waals surface area (Å²) in [7, 11) is 0. The zero-order chi connectivity index (χ0) is 28.4. The first kappa shape index (κ1) is 27.2. The number of phenols is 1. The van der Waals surface area contributed by atoms with Crippen LogP contribution in [0.25, 0.3) is 6.08 Å². The Balaban J connectivity index is 1.95. The summed E-state index contributed by atoms with van der Waals surface area (Å²) >= 11 is 0.945. The van der Waals surface area contributed by atoms with Crippen LogP contribution < -0.4 is 19.6 Å². The maximum atomic E-state index is 13.7. The third kappa shape index (κ3) is 5.13. The van der Waals surface area contributed by atoms with E-state index in [4.69, 9.17) is 9.47 Å². The Morgan fingerprint density at radius 3 is 2.28 bits per heavy atom. The standard InChI is InChI=1S/C25H22N4O9S/c1-4-37-16-8-6-15(7-9-16)21-20(24(32)38-5-2)13(3)26-25-27(21)23(31)19(39-25)12-14-10-17(28(33)34)22(30)18(11-14)29(35)36/h6-12,21,30H,4-5H2,1-3H3/b19-12-/t21-/m1/s1. The molecule has 14 heteroatoms. The number of aromatic hydroxyl groups is 1. The number of hydrogen-bond acceptors (Lipinski definition) is 11. The molecule has 0 fully saturated rings. The van der Waals surface area contributed by atoms with E-state index < -0.39 is 44.5 Å². The molecule has 1 aliphatic heterocycles. The van der Waals surface area contributed by atoms with E-state index in [-0.39, 0.29) is 27.1 Å². The highest BCUT2D eigenvalue weighted by Crippen LogP contribution is 2.37. The lowest BCUT2D eigenvalue weighted by molar-refractivity contribution is -0.396. The molecule has 1 aromatic heterocycles. The number of nitro groups is 2. The van der Waals surface area contributed by atoms with E-state index in [0.29, 0.717) is 23.6 Å². The van der Waals surface area contributed by atoms with Crippen LogP contribution in [0.3, 0.4) is 0 Å². The van der Waals surface area contributed by atoms with Gasteiger partial charge in [-0.25, -0.2) is 9.79 Å². The van der Waals surface area contributed by atoms with Crippen molar-refractivity contribution in [3.63, 3.8) is 0 Å². The first-order valence-electron chi connectivity index (χ1n) is 11.7. The summed E-state index contributed by atoms with van der Waals surface area (Å²) in [5, 5.41) is 32.6. The van der Waals surface area contributed by atoms with Crippen LogP contribution in [0.4, 0.5) is 11.4 Å². The third-order valence-electron chi connectivity index (χ3n) is 5.81. The highest BCUT2D eigenvalue weighted by Gasteiger charge is 2.33. The second-order valence-electron chi connectivity index (χ2n) is 8.23. The first-order valence-corrected chi connectivity index (χ1v) is 12.5. The van der Waals surface area contributed by atoms with Crippen LogP contribution in [0.1, 0.15) is 37.9 Å². The van der Waals surface area contributed by atoms with Crippen molar-refractivity contribution in [3.8, 4) is 11.5 Å². The van der Waals surface area contributed by atoms with Gasteiger partial charge in [0.15, 0.2) is 4.80 Å². The van der Waals surface area contributed by atoms with Crippen LogP contribution in [0.15, 0.2) is 57.5 Å². The van der Waals surface area contributed by atoms with Crippen molar-refractivity contribution in [2.75, 3.05) is 13.2 Å². The van der Waals surface area contributed by atoms with Gasteiger partial charge in [-0.2, -0.15) is 0 Å². The van der Waals surface area contributed by atoms with E-state index in [1.807, 2.05) is 6.92 Å². The van der Waals surface area contributed by atoms with Gasteiger partial charge in [-0.1, -0.05) is 23.5 Å². The lowest BCUT2D eigenvalue weighted by Gasteiger charge is -2.24. The Morgan fingerprint density at radius 2 is 1.74 bits per heavy atom. The number of nitrogens with zero attached hydrogens (tertiary/aromatic N) is 4. The Bertz CT molecular complexity index is 1670. The van der Waals surface area contributed by atoms with E-state index in [9.17, 15) is 34.9 Å². The highest BCUT2D eigenvalue weighted by atomic mass is 32.1. The number of hydrogen-bond donors (Lipinski definition) is 1. The Hall–Kier alpha value is -4.85. The molecule has 202 valence electrons. The summed E-state index contributed by atoms with van der Waals surface area (Å²) in [6.45, 7) is 5.68. The molecule has 0 spiro atoms. The van der Waals surface area contributed by atoms with Crippen molar-refractivity contribution >= 4 is 34.8 Å². The number of aromatic nitrogens is 1. The number of esters is 1. The number of ether oxygens (including phenoxy) is 2. The molecule has 0 saturated carbocycles. The zero-order valence-electron chi connectivity index (χ0n) is 20.9. The van der Waals surface area contributed by atoms with Gasteiger partial charge < -0.3 is 14.6 Å². The van der Waals surface area contributed by atoms with Gasteiger partial charge >= 0.3 is 17.3 Å². The zero-order valence-corrected chi connectivity index (χ0v) is 21.8. The smallest absolute Gasteiger partial charge is 0.338 e. The first-order chi connectivity index (χ1) is 18.6. The monoisotopic (exact) mass is 554 g/mol. The van der Waals surface area contributed by atoms with Crippen molar-refractivity contribution in [3.05, 3.63) is 98.7 Å². The largest absolute Gasteiger partial charge is 0.497 e. The number of carbonyl (C=O) groups excluding carboxylic acids is 1. The predicted octanol–water partition coefficient (Wildman–Crippen LogP) is 2.72. The van der Waals surface area contributed by atoms with E-state index in [1.165, 1.54) is 10.6 Å². The Morgan fingerprint density at radius 1 is 1.13 bits per heavy atom. The van der Waals surface area contributed by atoms with Gasteiger partial charge in [0, 0.05) is 12.1 Å². The average molecular weight is 555 g/mol. The summed E-state index contributed by atoms with van der Waals surface area (Å²) in [6, 6.07) is 7.82. The fourth-order valence-electron chi connectivity index (χ4n) is 4.16. The van der Waals surface area contributed by atoms with E-state index >= 15 is 0 Å². The molecule has 1 aliphatic rings. The number of phenolic OH excluding ortho intramolecular Hbond substituents is 1. The minimum atomic E-state index is -1.09. The second kappa shape index (κ2) is 10.9. The molecule has 13 nitrogen and oxygen atoms in total. The molecular formula is C25H22N4O9S. The van der Waals surface area contributed by atoms with Gasteiger partial charge in [-0.15, -0.1) is 0 Å². The molecule has 4 rings (SSSR count). The molecule has 3 aromatic rings. The summed E-state index contributed by atoms with van der Waals surface area (Å²) < 4.78 is 12.1. The van der Waals surface area contributed by atoms with Crippen LogP contribution in [0.5, 0.6) is 11.5 Å². The van der Waals surface area contributed by atoms with Crippen LogP contribution in [-0.4, -0.2) is 38.7 Å². The quantitative estimate of drug-likeness (QED) is 0.249. The number of nitro benzene ring substituents is 2. The molecule has 0 bridgehead atoms. The normalized spacial score (nSPS) is 14.9. The molecule has 0 aliphatic carbocycles. The summed E-state index contributed by atoms with van der Waals surface area (Å²) in [4.78, 5) is 52.1. The fourth-order valence-corrected chi connectivity index (χ4v) is 5.20. The van der Waals surface area contributed by atoms with Crippen molar-refractivity contribution < 1.29 is 29.2 Å². The summed E-state index contributed by atoms with van der Waals surface area (Å²) in [6.07, 6.45) is 1.24. The number of carbonyl (C=O) groups is 1. The minimum absolute atomic E-state index is 0.0459. The molecule has 2 aromatic carbocycles. The van der Waals surface area contributed by atoms with E-state index in [0.717, 1.165) is 23.5 Å². The van der Waals surface area contributed by atoms with E-state index in [2.05, 4.69) is 4.99 Å². The van der Waals surface area contributed by atoms with Crippen molar-refractivity contribution in [2.45, 2.75) is 26.8 Å². The molecular weight excluding hydrogens is 532 g/mol. The van der Waals surface area contributed by atoms with E-state index in [1.54, 1.807) is 38.1 Å². The van der Waals surface area contributed by atoms with Crippen molar-refractivity contribution in [2.24, 2.45) is 4.99 Å². The van der Waals surface area contributed by atoms with Crippen LogP contribution in [0.2, 0.25) is 0 Å². The van der Waals surface area contributed by atoms with Crippen molar-refractivity contribution in [1.82, 2.24) is 4.57 Å². The maximum absolute atomic E-state index is 13.7. The number of rotatable bonds is 8.